The molecule has 2 rings (SSSR count). The van der Waals surface area contributed by atoms with Crippen molar-refractivity contribution in [2.24, 2.45) is 0 Å². The van der Waals surface area contributed by atoms with Crippen LogP contribution in [0.25, 0.3) is 6.08 Å². The monoisotopic (exact) mass is 275 g/mol. The normalized spacial score (nSPS) is 16.7. The maximum absolute atomic E-state index is 10.2. The van der Waals surface area contributed by atoms with Gasteiger partial charge in [0.1, 0.15) is 6.29 Å². The highest BCUT2D eigenvalue weighted by atomic mass is 35.5. The lowest BCUT2D eigenvalue weighted by Gasteiger charge is -2.11. The van der Waals surface area contributed by atoms with Crippen LogP contribution < -0.4 is 0 Å². The first-order valence-corrected chi connectivity index (χ1v) is 6.87. The Morgan fingerprint density at radius 3 is 2.58 bits per heavy atom. The molecule has 1 aliphatic heterocycles. The van der Waals surface area contributed by atoms with E-state index in [0.29, 0.717) is 0 Å². The number of nitrogens with zero attached hydrogens (tertiary/aromatic N) is 1. The third kappa shape index (κ3) is 3.55. The summed E-state index contributed by atoms with van der Waals surface area (Å²) in [5.41, 5.74) is 3.81. The predicted molar refractivity (Wildman–Crippen MR) is 80.6 cm³/mol. The molecule has 0 N–H and O–H groups in total. The lowest BCUT2D eigenvalue weighted by atomic mass is 9.96. The van der Waals surface area contributed by atoms with Crippen molar-refractivity contribution in [2.75, 3.05) is 20.1 Å². The molecular weight excluding hydrogens is 258 g/mol. The molecule has 1 aromatic carbocycles. The minimum Gasteiger partial charge on any atom is -0.306 e. The van der Waals surface area contributed by atoms with Gasteiger partial charge in [-0.3, -0.25) is 4.79 Å². The summed E-state index contributed by atoms with van der Waals surface area (Å²) >= 11 is 6.32. The topological polar surface area (TPSA) is 20.3 Å². The van der Waals surface area contributed by atoms with E-state index >= 15 is 0 Å². The van der Waals surface area contributed by atoms with Crippen molar-refractivity contribution < 1.29 is 4.79 Å². The molecule has 0 saturated heterocycles. The maximum atomic E-state index is 10.2. The number of benzene rings is 1. The fourth-order valence-electron chi connectivity index (χ4n) is 2.39. The van der Waals surface area contributed by atoms with Crippen LogP contribution in [0.2, 0.25) is 5.02 Å². The van der Waals surface area contributed by atoms with Crippen molar-refractivity contribution in [3.63, 3.8) is 0 Å². The molecule has 0 unspecified atom stereocenters. The molecule has 0 atom stereocenters. The highest BCUT2D eigenvalue weighted by Gasteiger charge is 2.15. The van der Waals surface area contributed by atoms with E-state index in [1.54, 1.807) is 6.08 Å². The number of aldehydes is 1. The Hall–Kier alpha value is -1.38. The quantitative estimate of drug-likeness (QED) is 0.480. The van der Waals surface area contributed by atoms with E-state index in [1.165, 1.54) is 22.8 Å². The fraction of sp³-hybridized carbons (Fsp3) is 0.312. The van der Waals surface area contributed by atoms with E-state index in [-0.39, 0.29) is 0 Å². The summed E-state index contributed by atoms with van der Waals surface area (Å²) in [4.78, 5) is 12.6. The van der Waals surface area contributed by atoms with Crippen LogP contribution in [0.4, 0.5) is 0 Å². The lowest BCUT2D eigenvalue weighted by Crippen LogP contribution is -2.20. The van der Waals surface area contributed by atoms with E-state index in [1.807, 2.05) is 18.2 Å². The number of likely N-dealkylation sites (N-methyl/N-ethyl adjacent to an activating group) is 1. The van der Waals surface area contributed by atoms with E-state index in [2.05, 4.69) is 18.0 Å². The molecule has 0 spiro atoms. The summed E-state index contributed by atoms with van der Waals surface area (Å²) in [6, 6.07) is 4.02. The van der Waals surface area contributed by atoms with Crippen molar-refractivity contribution in [1.29, 1.82) is 0 Å². The number of hydrogen-bond acceptors (Lipinski definition) is 2. The number of carbonyl (C=O) groups excluding carboxylic acids is 1. The SMILES string of the molecule is CN1CCc2c(Cl)ccc(C=CC=CC=O)c2CC1. The summed E-state index contributed by atoms with van der Waals surface area (Å²) in [5.74, 6) is 0. The minimum absolute atomic E-state index is 0.779. The van der Waals surface area contributed by atoms with Crippen LogP contribution in [0, 0.1) is 0 Å². The Morgan fingerprint density at radius 2 is 1.84 bits per heavy atom. The zero-order chi connectivity index (χ0) is 13.7. The molecule has 19 heavy (non-hydrogen) atoms. The predicted octanol–water partition coefficient (Wildman–Crippen LogP) is 3.14. The number of halogens is 1. The molecule has 1 aromatic rings. The van der Waals surface area contributed by atoms with Crippen molar-refractivity contribution in [2.45, 2.75) is 12.8 Å². The highest BCUT2D eigenvalue weighted by molar-refractivity contribution is 6.31. The minimum atomic E-state index is 0.779. The van der Waals surface area contributed by atoms with Crippen LogP contribution in [-0.4, -0.2) is 31.3 Å². The van der Waals surface area contributed by atoms with Gasteiger partial charge in [-0.1, -0.05) is 35.9 Å². The second-order valence-electron chi connectivity index (χ2n) is 4.78. The largest absolute Gasteiger partial charge is 0.306 e. The average molecular weight is 276 g/mol. The first-order chi connectivity index (χ1) is 9.22. The third-order valence-corrected chi connectivity index (χ3v) is 3.83. The number of fused-ring (bicyclic) bond motifs is 1. The Morgan fingerprint density at radius 1 is 1.11 bits per heavy atom. The molecule has 0 radical (unpaired) electrons. The summed E-state index contributed by atoms with van der Waals surface area (Å²) in [7, 11) is 2.14. The molecule has 1 heterocycles. The molecule has 1 aliphatic rings. The third-order valence-electron chi connectivity index (χ3n) is 3.47. The van der Waals surface area contributed by atoms with Crippen molar-refractivity contribution in [3.05, 3.63) is 52.1 Å². The van der Waals surface area contributed by atoms with Crippen LogP contribution in [-0.2, 0) is 17.6 Å². The van der Waals surface area contributed by atoms with Crippen molar-refractivity contribution in [1.82, 2.24) is 4.90 Å². The molecular formula is C16H18ClNO. The second-order valence-corrected chi connectivity index (χ2v) is 5.18. The van der Waals surface area contributed by atoms with Gasteiger partial charge in [0.15, 0.2) is 0 Å². The molecule has 100 valence electrons. The van der Waals surface area contributed by atoms with Gasteiger partial charge in [-0.05, 0) is 48.7 Å². The average Bonchev–Trinajstić information content (AvgIpc) is 2.60. The van der Waals surface area contributed by atoms with Gasteiger partial charge in [0, 0.05) is 18.1 Å². The standard InChI is InChI=1S/C16H18ClNO/c1-18-10-8-14-13(5-3-2-4-12-19)6-7-16(17)15(14)9-11-18/h2-7,12H,8-11H2,1H3. The molecule has 3 heteroatoms. The second kappa shape index (κ2) is 6.69. The first kappa shape index (κ1) is 14.0. The molecule has 0 saturated carbocycles. The molecule has 0 fully saturated rings. The Labute approximate surface area is 119 Å². The summed E-state index contributed by atoms with van der Waals surface area (Å²) in [6.45, 7) is 2.10. The van der Waals surface area contributed by atoms with Gasteiger partial charge >= 0.3 is 0 Å². The molecule has 0 bridgehead atoms. The van der Waals surface area contributed by atoms with E-state index in [4.69, 9.17) is 11.6 Å². The summed E-state index contributed by atoms with van der Waals surface area (Å²) in [5, 5.41) is 0.867. The van der Waals surface area contributed by atoms with Crippen LogP contribution in [0.15, 0.2) is 30.4 Å². The number of carbonyl (C=O) groups is 1. The van der Waals surface area contributed by atoms with E-state index in [9.17, 15) is 4.79 Å². The van der Waals surface area contributed by atoms with Gasteiger partial charge < -0.3 is 4.90 Å². The van der Waals surface area contributed by atoms with Crippen molar-refractivity contribution in [3.8, 4) is 0 Å². The number of hydrogen-bond donors (Lipinski definition) is 0. The Balaban J connectivity index is 2.33. The van der Waals surface area contributed by atoms with Gasteiger partial charge in [0.05, 0.1) is 0 Å². The maximum Gasteiger partial charge on any atom is 0.142 e. The van der Waals surface area contributed by atoms with Crippen LogP contribution in [0.3, 0.4) is 0 Å². The fourth-order valence-corrected chi connectivity index (χ4v) is 2.66. The summed E-state index contributed by atoms with van der Waals surface area (Å²) in [6.07, 6.45) is 9.96. The highest BCUT2D eigenvalue weighted by Crippen LogP contribution is 2.27. The molecule has 0 aliphatic carbocycles. The van der Waals surface area contributed by atoms with Gasteiger partial charge in [0.2, 0.25) is 0 Å². The molecule has 0 aromatic heterocycles. The first-order valence-electron chi connectivity index (χ1n) is 6.49. The number of rotatable bonds is 3. The van der Waals surface area contributed by atoms with Crippen molar-refractivity contribution >= 4 is 24.0 Å². The van der Waals surface area contributed by atoms with E-state index in [0.717, 1.165) is 37.2 Å². The lowest BCUT2D eigenvalue weighted by molar-refractivity contribution is -0.104. The smallest absolute Gasteiger partial charge is 0.142 e. The van der Waals surface area contributed by atoms with Crippen LogP contribution in [0.1, 0.15) is 16.7 Å². The Bertz CT molecular complexity index is 520. The van der Waals surface area contributed by atoms with Gasteiger partial charge in [-0.25, -0.2) is 0 Å². The van der Waals surface area contributed by atoms with Crippen LogP contribution in [0.5, 0.6) is 0 Å². The van der Waals surface area contributed by atoms with Crippen LogP contribution >= 0.6 is 11.6 Å². The van der Waals surface area contributed by atoms with Gasteiger partial charge in [-0.2, -0.15) is 0 Å². The van der Waals surface area contributed by atoms with E-state index < -0.39 is 0 Å². The zero-order valence-corrected chi connectivity index (χ0v) is 11.9. The van der Waals surface area contributed by atoms with Gasteiger partial charge in [0.25, 0.3) is 0 Å². The number of allylic oxidation sites excluding steroid dienone is 3. The molecule has 0 amide bonds. The summed E-state index contributed by atoms with van der Waals surface area (Å²) < 4.78 is 0. The Kier molecular flexibility index (Phi) is 4.94. The zero-order valence-electron chi connectivity index (χ0n) is 11.1. The molecule has 2 nitrogen and oxygen atoms in total. The van der Waals surface area contributed by atoms with Gasteiger partial charge in [-0.15, -0.1) is 0 Å².